The van der Waals surface area contributed by atoms with Crippen molar-refractivity contribution < 1.29 is 4.74 Å². The normalized spacial score (nSPS) is 27.4. The fourth-order valence-corrected chi connectivity index (χ4v) is 4.87. The first kappa shape index (κ1) is 21.7. The monoisotopic (exact) mass is 498 g/mol. The SMILES string of the molecule is CN=C(NCc1ccc(N(C)C2CCCCC2)cc1)NC1CC2CCC1O2.I. The Balaban J connectivity index is 0.00000225. The summed E-state index contributed by atoms with van der Waals surface area (Å²) in [6.07, 6.45) is 11.1. The molecular weight excluding hydrogens is 463 g/mol. The van der Waals surface area contributed by atoms with Gasteiger partial charge in [-0.15, -0.1) is 24.0 Å². The van der Waals surface area contributed by atoms with Crippen molar-refractivity contribution in [3.8, 4) is 0 Å². The summed E-state index contributed by atoms with van der Waals surface area (Å²) in [7, 11) is 4.08. The van der Waals surface area contributed by atoms with E-state index in [9.17, 15) is 0 Å². The lowest BCUT2D eigenvalue weighted by Crippen LogP contribution is -2.47. The first-order valence-electron chi connectivity index (χ1n) is 10.7. The van der Waals surface area contributed by atoms with Gasteiger partial charge in [0.2, 0.25) is 0 Å². The lowest BCUT2D eigenvalue weighted by atomic mass is 9.94. The third kappa shape index (κ3) is 5.12. The molecule has 2 heterocycles. The Bertz CT molecular complexity index is 644. The van der Waals surface area contributed by atoms with E-state index in [2.05, 4.69) is 51.8 Å². The summed E-state index contributed by atoms with van der Waals surface area (Å²) < 4.78 is 5.93. The Morgan fingerprint density at radius 3 is 2.46 bits per heavy atom. The molecule has 2 bridgehead atoms. The number of hydrogen-bond donors (Lipinski definition) is 2. The fourth-order valence-electron chi connectivity index (χ4n) is 4.87. The average Bonchev–Trinajstić information content (AvgIpc) is 3.35. The number of halogens is 1. The average molecular weight is 498 g/mol. The van der Waals surface area contributed by atoms with E-state index in [-0.39, 0.29) is 24.0 Å². The summed E-state index contributed by atoms with van der Waals surface area (Å²) in [5.74, 6) is 0.875. The number of nitrogens with one attached hydrogen (secondary N) is 2. The molecule has 2 saturated heterocycles. The van der Waals surface area contributed by atoms with Gasteiger partial charge in [-0.1, -0.05) is 31.4 Å². The molecule has 1 saturated carbocycles. The van der Waals surface area contributed by atoms with E-state index >= 15 is 0 Å². The van der Waals surface area contributed by atoms with Gasteiger partial charge in [0.1, 0.15) is 0 Å². The van der Waals surface area contributed by atoms with Gasteiger partial charge >= 0.3 is 0 Å². The van der Waals surface area contributed by atoms with Crippen LogP contribution in [0.5, 0.6) is 0 Å². The first-order valence-corrected chi connectivity index (χ1v) is 10.7. The zero-order valence-corrected chi connectivity index (χ0v) is 19.5. The predicted octanol–water partition coefficient (Wildman–Crippen LogP) is 4.06. The third-order valence-electron chi connectivity index (χ3n) is 6.58. The van der Waals surface area contributed by atoms with Crippen LogP contribution in [-0.2, 0) is 11.3 Å². The fraction of sp³-hybridized carbons (Fsp3) is 0.682. The maximum Gasteiger partial charge on any atom is 0.191 e. The molecule has 2 N–H and O–H groups in total. The molecule has 1 aromatic carbocycles. The standard InChI is InChI=1S/C22H34N4O.HI/c1-23-22(25-20-14-19-12-13-21(20)27-19)24-15-16-8-10-18(11-9-16)26(2)17-6-4-3-5-7-17;/h8-11,17,19-21H,3-7,12-15H2,1-2H3,(H2,23,24,25);1H. The van der Waals surface area contributed by atoms with Gasteiger partial charge in [-0.2, -0.15) is 0 Å². The highest BCUT2D eigenvalue weighted by Gasteiger charge is 2.41. The zero-order chi connectivity index (χ0) is 18.6. The maximum atomic E-state index is 5.93. The second-order valence-electron chi connectivity index (χ2n) is 8.36. The van der Waals surface area contributed by atoms with Crippen LogP contribution in [0.15, 0.2) is 29.3 Å². The zero-order valence-electron chi connectivity index (χ0n) is 17.2. The van der Waals surface area contributed by atoms with Crippen LogP contribution in [0.1, 0.15) is 56.9 Å². The smallest absolute Gasteiger partial charge is 0.191 e. The van der Waals surface area contributed by atoms with Gasteiger partial charge in [0, 0.05) is 32.4 Å². The van der Waals surface area contributed by atoms with Crippen molar-refractivity contribution in [2.24, 2.45) is 4.99 Å². The summed E-state index contributed by atoms with van der Waals surface area (Å²) >= 11 is 0. The van der Waals surface area contributed by atoms with Crippen LogP contribution < -0.4 is 15.5 Å². The summed E-state index contributed by atoms with van der Waals surface area (Å²) in [5.41, 5.74) is 2.61. The molecule has 5 nitrogen and oxygen atoms in total. The van der Waals surface area contributed by atoms with E-state index in [0.717, 1.165) is 18.9 Å². The van der Waals surface area contributed by atoms with Gasteiger partial charge in [0.05, 0.1) is 18.2 Å². The second-order valence-corrected chi connectivity index (χ2v) is 8.36. The van der Waals surface area contributed by atoms with Crippen LogP contribution >= 0.6 is 24.0 Å². The highest BCUT2D eigenvalue weighted by Crippen LogP contribution is 2.34. The molecule has 3 fully saturated rings. The summed E-state index contributed by atoms with van der Waals surface area (Å²) in [6.45, 7) is 0.786. The highest BCUT2D eigenvalue weighted by molar-refractivity contribution is 14.0. The molecule has 1 aromatic rings. The molecule has 156 valence electrons. The Labute approximate surface area is 186 Å². The van der Waals surface area contributed by atoms with Crippen molar-refractivity contribution in [3.05, 3.63) is 29.8 Å². The molecule has 3 unspecified atom stereocenters. The van der Waals surface area contributed by atoms with E-state index in [0.29, 0.717) is 24.3 Å². The van der Waals surface area contributed by atoms with E-state index in [1.807, 2.05) is 7.05 Å². The molecule has 6 heteroatoms. The summed E-state index contributed by atoms with van der Waals surface area (Å²) in [6, 6.07) is 10.1. The Kier molecular flexibility index (Phi) is 7.85. The van der Waals surface area contributed by atoms with Crippen LogP contribution in [0, 0.1) is 0 Å². The number of anilines is 1. The Morgan fingerprint density at radius 2 is 1.86 bits per heavy atom. The van der Waals surface area contributed by atoms with Crippen LogP contribution in [0.4, 0.5) is 5.69 Å². The van der Waals surface area contributed by atoms with E-state index in [1.54, 1.807) is 0 Å². The maximum absolute atomic E-state index is 5.93. The number of hydrogen-bond acceptors (Lipinski definition) is 3. The number of benzene rings is 1. The molecule has 0 amide bonds. The van der Waals surface area contributed by atoms with E-state index < -0.39 is 0 Å². The molecule has 3 aliphatic rings. The molecule has 28 heavy (non-hydrogen) atoms. The van der Waals surface area contributed by atoms with E-state index in [1.165, 1.54) is 56.2 Å². The Morgan fingerprint density at radius 1 is 1.11 bits per heavy atom. The molecule has 4 rings (SSSR count). The molecule has 0 radical (unpaired) electrons. The predicted molar refractivity (Wildman–Crippen MR) is 127 cm³/mol. The van der Waals surface area contributed by atoms with Gasteiger partial charge in [0.15, 0.2) is 5.96 Å². The van der Waals surface area contributed by atoms with Crippen LogP contribution in [-0.4, -0.2) is 44.3 Å². The third-order valence-corrected chi connectivity index (χ3v) is 6.58. The van der Waals surface area contributed by atoms with Gasteiger partial charge in [-0.3, -0.25) is 4.99 Å². The molecule has 1 aliphatic carbocycles. The molecule has 3 atom stereocenters. The first-order chi connectivity index (χ1) is 13.2. The van der Waals surface area contributed by atoms with Gasteiger partial charge in [0.25, 0.3) is 0 Å². The number of rotatable bonds is 5. The number of ether oxygens (including phenoxy) is 1. The lowest BCUT2D eigenvalue weighted by molar-refractivity contribution is 0.0992. The van der Waals surface area contributed by atoms with Crippen LogP contribution in [0.3, 0.4) is 0 Å². The van der Waals surface area contributed by atoms with Crippen molar-refractivity contribution in [1.82, 2.24) is 10.6 Å². The minimum absolute atomic E-state index is 0. The minimum atomic E-state index is 0. The topological polar surface area (TPSA) is 48.9 Å². The number of nitrogens with zero attached hydrogens (tertiary/aromatic N) is 2. The minimum Gasteiger partial charge on any atom is -0.373 e. The molecule has 0 aromatic heterocycles. The van der Waals surface area contributed by atoms with Crippen molar-refractivity contribution in [2.45, 2.75) is 82.2 Å². The van der Waals surface area contributed by atoms with Crippen molar-refractivity contribution >= 4 is 35.6 Å². The van der Waals surface area contributed by atoms with Gasteiger partial charge in [-0.25, -0.2) is 0 Å². The Hall–Kier alpha value is -1.02. The number of aliphatic imine (C=N–C) groups is 1. The van der Waals surface area contributed by atoms with Gasteiger partial charge < -0.3 is 20.3 Å². The van der Waals surface area contributed by atoms with Crippen LogP contribution in [0.2, 0.25) is 0 Å². The van der Waals surface area contributed by atoms with Crippen molar-refractivity contribution in [1.29, 1.82) is 0 Å². The van der Waals surface area contributed by atoms with Gasteiger partial charge in [-0.05, 0) is 49.8 Å². The van der Waals surface area contributed by atoms with Crippen molar-refractivity contribution in [2.75, 3.05) is 19.0 Å². The second kappa shape index (κ2) is 10.1. The summed E-state index contributed by atoms with van der Waals surface area (Å²) in [4.78, 5) is 6.85. The molecule has 2 aliphatic heterocycles. The van der Waals surface area contributed by atoms with Crippen molar-refractivity contribution in [3.63, 3.8) is 0 Å². The highest BCUT2D eigenvalue weighted by atomic mass is 127. The molecular formula is C22H35IN4O. The lowest BCUT2D eigenvalue weighted by Gasteiger charge is -2.33. The number of guanidine groups is 1. The van der Waals surface area contributed by atoms with Crippen LogP contribution in [0.25, 0.3) is 0 Å². The molecule has 0 spiro atoms. The number of fused-ring (bicyclic) bond motifs is 2. The quantitative estimate of drug-likeness (QED) is 0.365. The van der Waals surface area contributed by atoms with E-state index in [4.69, 9.17) is 4.74 Å². The largest absolute Gasteiger partial charge is 0.373 e. The summed E-state index contributed by atoms with van der Waals surface area (Å²) in [5, 5.41) is 7.00.